The molecule has 1 aromatic carbocycles. The second-order valence-corrected chi connectivity index (χ2v) is 8.63. The largest absolute Gasteiger partial charge is 0.311 e. The van der Waals surface area contributed by atoms with E-state index in [9.17, 15) is 4.79 Å². The highest BCUT2D eigenvalue weighted by Gasteiger charge is 2.31. The number of anilines is 1. The summed E-state index contributed by atoms with van der Waals surface area (Å²) in [6, 6.07) is 4.29. The number of carbonyl (C=O) groups excluding carboxylic acids is 1. The van der Waals surface area contributed by atoms with Crippen LogP contribution in [0.1, 0.15) is 17.5 Å². The van der Waals surface area contributed by atoms with E-state index in [2.05, 4.69) is 35.0 Å². The molecule has 2 aliphatic rings. The summed E-state index contributed by atoms with van der Waals surface area (Å²) in [6.07, 6.45) is 2.14. The molecule has 0 saturated carbocycles. The molecule has 3 rings (SSSR count). The highest BCUT2D eigenvalue weighted by molar-refractivity contribution is 9.10. The molecule has 1 saturated heterocycles. The number of halogens is 1. The first-order chi connectivity index (χ1) is 9.66. The monoisotopic (exact) mass is 371 g/mol. The summed E-state index contributed by atoms with van der Waals surface area (Å²) < 4.78 is 1.12. The van der Waals surface area contributed by atoms with Gasteiger partial charge >= 0.3 is 0 Å². The van der Waals surface area contributed by atoms with Crippen molar-refractivity contribution < 1.29 is 4.79 Å². The Balaban J connectivity index is 1.91. The van der Waals surface area contributed by atoms with Crippen LogP contribution in [0, 0.1) is 6.92 Å². The van der Waals surface area contributed by atoms with Crippen molar-refractivity contribution in [3.63, 3.8) is 0 Å². The van der Waals surface area contributed by atoms with Crippen LogP contribution in [0.2, 0.25) is 0 Å². The van der Waals surface area contributed by atoms with Gasteiger partial charge < -0.3 is 4.90 Å². The predicted octanol–water partition coefficient (Wildman–Crippen LogP) is 3.89. The molecule has 2 nitrogen and oxygen atoms in total. The number of amides is 1. The fourth-order valence-electron chi connectivity index (χ4n) is 2.95. The molecule has 0 radical (unpaired) electrons. The van der Waals surface area contributed by atoms with E-state index in [0.29, 0.717) is 5.91 Å². The minimum absolute atomic E-state index is 0.141. The maximum Gasteiger partial charge on any atom is 0.240 e. The molecule has 5 heteroatoms. The van der Waals surface area contributed by atoms with Crippen molar-refractivity contribution in [1.82, 2.24) is 0 Å². The molecule has 2 aliphatic heterocycles. The number of nitrogens with zero attached hydrogens (tertiary/aromatic N) is 1. The number of hydrogen-bond donors (Lipinski definition) is 0. The maximum atomic E-state index is 12.8. The first kappa shape index (κ1) is 14.8. The Bertz CT molecular complexity index is 529. The maximum absolute atomic E-state index is 12.8. The van der Waals surface area contributed by atoms with E-state index in [4.69, 9.17) is 0 Å². The van der Waals surface area contributed by atoms with Crippen LogP contribution in [-0.4, -0.2) is 35.0 Å². The molecular weight excluding hydrogens is 354 g/mol. The molecular formula is C15H18BrNOS2. The molecule has 0 bridgehead atoms. The third kappa shape index (κ3) is 2.90. The van der Waals surface area contributed by atoms with Crippen LogP contribution in [-0.2, 0) is 11.2 Å². The van der Waals surface area contributed by atoms with Gasteiger partial charge in [-0.25, -0.2) is 0 Å². The second-order valence-electron chi connectivity index (χ2n) is 5.26. The van der Waals surface area contributed by atoms with Crippen molar-refractivity contribution in [2.75, 3.05) is 28.7 Å². The van der Waals surface area contributed by atoms with E-state index in [1.165, 1.54) is 22.6 Å². The van der Waals surface area contributed by atoms with Crippen LogP contribution < -0.4 is 4.90 Å². The van der Waals surface area contributed by atoms with E-state index in [1.807, 2.05) is 28.4 Å². The summed E-state index contributed by atoms with van der Waals surface area (Å²) >= 11 is 7.30. The molecule has 0 aliphatic carbocycles. The first-order valence-corrected chi connectivity index (χ1v) is 9.96. The van der Waals surface area contributed by atoms with Crippen molar-refractivity contribution in [2.45, 2.75) is 25.0 Å². The summed E-state index contributed by atoms with van der Waals surface area (Å²) in [7, 11) is 0. The summed E-state index contributed by atoms with van der Waals surface area (Å²) in [5.74, 6) is 3.55. The summed E-state index contributed by atoms with van der Waals surface area (Å²) in [5, 5.41) is 0.141. The molecule has 0 aromatic heterocycles. The van der Waals surface area contributed by atoms with E-state index < -0.39 is 0 Å². The smallest absolute Gasteiger partial charge is 0.240 e. The van der Waals surface area contributed by atoms with Gasteiger partial charge in [-0.1, -0.05) is 15.9 Å². The number of fused-ring (bicyclic) bond motifs is 1. The molecule has 0 N–H and O–H groups in total. The molecule has 0 spiro atoms. The van der Waals surface area contributed by atoms with Crippen molar-refractivity contribution in [3.8, 4) is 0 Å². The average Bonchev–Trinajstić information content (AvgIpc) is 2.46. The minimum Gasteiger partial charge on any atom is -0.311 e. The second kappa shape index (κ2) is 6.32. The van der Waals surface area contributed by atoms with Crippen LogP contribution >= 0.6 is 39.5 Å². The van der Waals surface area contributed by atoms with Crippen LogP contribution in [0.3, 0.4) is 0 Å². The predicted molar refractivity (Wildman–Crippen MR) is 93.1 cm³/mol. The number of carbonyl (C=O) groups is 1. The van der Waals surface area contributed by atoms with E-state index in [0.717, 1.165) is 35.4 Å². The fourth-order valence-corrected chi connectivity index (χ4v) is 6.17. The zero-order chi connectivity index (χ0) is 14.1. The Morgan fingerprint density at radius 3 is 3.00 bits per heavy atom. The van der Waals surface area contributed by atoms with Gasteiger partial charge in [0.2, 0.25) is 5.91 Å². The average molecular weight is 372 g/mol. The van der Waals surface area contributed by atoms with Crippen LogP contribution in [0.15, 0.2) is 16.6 Å². The lowest BCUT2D eigenvalue weighted by atomic mass is 9.98. The molecule has 1 unspecified atom stereocenters. The Labute approximate surface area is 137 Å². The van der Waals surface area contributed by atoms with Crippen molar-refractivity contribution in [3.05, 3.63) is 27.7 Å². The normalized spacial score (nSPS) is 22.5. The minimum atomic E-state index is 0.141. The standard InChI is InChI=1S/C15H18BrNOS2/c1-10-7-12(16)8-11-3-2-4-17(14(10)11)15(18)13-9-19-5-6-20-13/h7-8,13H,2-6,9H2,1H3. The van der Waals surface area contributed by atoms with Crippen LogP contribution in [0.5, 0.6) is 0 Å². The fraction of sp³-hybridized carbons (Fsp3) is 0.533. The van der Waals surface area contributed by atoms with E-state index in [1.54, 1.807) is 0 Å². The molecule has 2 heterocycles. The van der Waals surface area contributed by atoms with Crippen LogP contribution in [0.25, 0.3) is 0 Å². The van der Waals surface area contributed by atoms with E-state index in [-0.39, 0.29) is 5.25 Å². The number of rotatable bonds is 1. The zero-order valence-electron chi connectivity index (χ0n) is 11.5. The number of benzene rings is 1. The van der Waals surface area contributed by atoms with Crippen molar-refractivity contribution >= 4 is 51.0 Å². The van der Waals surface area contributed by atoms with Crippen molar-refractivity contribution in [2.24, 2.45) is 0 Å². The highest BCUT2D eigenvalue weighted by atomic mass is 79.9. The molecule has 108 valence electrons. The SMILES string of the molecule is Cc1cc(Br)cc2c1N(C(=O)C1CSCCS1)CCC2. The summed E-state index contributed by atoms with van der Waals surface area (Å²) in [6.45, 7) is 2.98. The molecule has 20 heavy (non-hydrogen) atoms. The number of aryl methyl sites for hydroxylation is 2. The van der Waals surface area contributed by atoms with Gasteiger partial charge in [-0.05, 0) is 43.0 Å². The molecule has 1 aromatic rings. The lowest BCUT2D eigenvalue weighted by Crippen LogP contribution is -2.43. The zero-order valence-corrected chi connectivity index (χ0v) is 14.7. The van der Waals surface area contributed by atoms with Crippen LogP contribution in [0.4, 0.5) is 5.69 Å². The molecule has 1 amide bonds. The van der Waals surface area contributed by atoms with Gasteiger partial charge in [0.05, 0.1) is 5.25 Å². The molecule has 1 atom stereocenters. The van der Waals surface area contributed by atoms with Gasteiger partial charge in [0.15, 0.2) is 0 Å². The topological polar surface area (TPSA) is 20.3 Å². The Hall–Kier alpha value is -0.130. The summed E-state index contributed by atoms with van der Waals surface area (Å²) in [4.78, 5) is 14.9. The Kier molecular flexibility index (Phi) is 4.68. The van der Waals surface area contributed by atoms with Gasteiger partial charge in [0.1, 0.15) is 0 Å². The summed E-state index contributed by atoms with van der Waals surface area (Å²) in [5.41, 5.74) is 3.68. The van der Waals surface area contributed by atoms with Gasteiger partial charge in [-0.15, -0.1) is 11.8 Å². The molecule has 1 fully saturated rings. The Morgan fingerprint density at radius 1 is 1.40 bits per heavy atom. The quantitative estimate of drug-likeness (QED) is 0.746. The Morgan fingerprint density at radius 2 is 2.25 bits per heavy atom. The van der Waals surface area contributed by atoms with Gasteiger partial charge in [-0.2, -0.15) is 11.8 Å². The third-order valence-corrected chi connectivity index (χ3v) is 7.00. The first-order valence-electron chi connectivity index (χ1n) is 6.96. The lowest BCUT2D eigenvalue weighted by Gasteiger charge is -2.34. The third-order valence-electron chi connectivity index (χ3n) is 3.80. The van der Waals surface area contributed by atoms with Gasteiger partial charge in [0, 0.05) is 34.0 Å². The van der Waals surface area contributed by atoms with Gasteiger partial charge in [-0.3, -0.25) is 4.79 Å². The lowest BCUT2D eigenvalue weighted by molar-refractivity contribution is -0.117. The highest BCUT2D eigenvalue weighted by Crippen LogP contribution is 2.35. The van der Waals surface area contributed by atoms with Gasteiger partial charge in [0.25, 0.3) is 0 Å². The number of thioether (sulfide) groups is 2. The van der Waals surface area contributed by atoms with Crippen molar-refractivity contribution in [1.29, 1.82) is 0 Å². The number of hydrogen-bond acceptors (Lipinski definition) is 3. The van der Waals surface area contributed by atoms with E-state index >= 15 is 0 Å².